The SMILES string of the molecule is ClC1C(Cl)C(Cl)C(Cl)C(Cl)C1Cl.F[O][Sb].O.O.S. The molecule has 0 amide bonds. The van der Waals surface area contributed by atoms with E-state index in [1.807, 2.05) is 0 Å². The molecule has 0 aliphatic heterocycles. The maximum atomic E-state index is 9.81. The van der Waals surface area contributed by atoms with E-state index in [-0.39, 0.29) is 24.4 Å². The molecule has 0 aromatic heterocycles. The van der Waals surface area contributed by atoms with Crippen LogP contribution in [0.25, 0.3) is 0 Å². The molecule has 1 saturated carbocycles. The van der Waals surface area contributed by atoms with Crippen LogP contribution in [0.1, 0.15) is 0 Å². The average Bonchev–Trinajstić information content (AvgIpc) is 2.22. The van der Waals surface area contributed by atoms with Crippen molar-refractivity contribution in [1.29, 1.82) is 0 Å². The third-order valence-electron chi connectivity index (χ3n) is 1.83. The summed E-state index contributed by atoms with van der Waals surface area (Å²) in [5, 5.41) is -2.62. The number of halogens is 7. The standard InChI is InChI=1S/C6H6Cl6.FO.2H2O.H2S.Sb/c7-1-2(8)4(10)6(12)5(11)3(1)9;1-2;;;;/h1-6H;;3*1H2;/q;-1;;;;+1. The Balaban J connectivity index is -0.000000149. The Bertz CT molecular complexity index is 142. The number of rotatable bonds is 0. The number of hydrogen-bond donors (Lipinski definition) is 0. The molecule has 1 aliphatic rings. The Morgan fingerprint density at radius 1 is 0.667 bits per heavy atom. The molecular weight excluding hydrogens is 506 g/mol. The molecule has 0 aromatic carbocycles. The van der Waals surface area contributed by atoms with Crippen LogP contribution in [0, 0.1) is 0 Å². The summed E-state index contributed by atoms with van der Waals surface area (Å²) in [5.74, 6) is 0. The van der Waals surface area contributed by atoms with Gasteiger partial charge in [-0.05, 0) is 0 Å². The van der Waals surface area contributed by atoms with Gasteiger partial charge in [0.2, 0.25) is 0 Å². The second-order valence-electron chi connectivity index (χ2n) is 2.74. The fraction of sp³-hybridized carbons (Fsp3) is 1.00. The summed E-state index contributed by atoms with van der Waals surface area (Å²) in [4.78, 5) is 0. The molecule has 2 radical (unpaired) electrons. The van der Waals surface area contributed by atoms with Crippen molar-refractivity contribution in [1.82, 2.24) is 0 Å². The van der Waals surface area contributed by atoms with Crippen LogP contribution in [0.5, 0.6) is 0 Å². The van der Waals surface area contributed by atoms with E-state index in [9.17, 15) is 4.53 Å². The van der Waals surface area contributed by atoms with Gasteiger partial charge < -0.3 is 11.0 Å². The third-order valence-corrected chi connectivity index (χ3v) is 5.86. The van der Waals surface area contributed by atoms with Crippen LogP contribution in [-0.2, 0) is 3.22 Å². The van der Waals surface area contributed by atoms with Crippen LogP contribution in [-0.4, -0.2) is 66.7 Å². The number of hydrogen-bond acceptors (Lipinski definition) is 1. The van der Waals surface area contributed by atoms with Crippen molar-refractivity contribution in [3.8, 4) is 0 Å². The molecule has 1 fully saturated rings. The van der Waals surface area contributed by atoms with Crippen LogP contribution in [0.2, 0.25) is 0 Å². The molecule has 0 saturated heterocycles. The first-order valence-electron chi connectivity index (χ1n) is 3.65. The minimum absolute atomic E-state index is 0. The van der Waals surface area contributed by atoms with Crippen molar-refractivity contribution >= 4 is 107 Å². The molecule has 1 aliphatic carbocycles. The molecule has 12 heteroatoms. The summed E-state index contributed by atoms with van der Waals surface area (Å²) in [6, 6.07) is 0. The second-order valence-corrected chi connectivity index (χ2v) is 6.15. The van der Waals surface area contributed by atoms with Crippen molar-refractivity contribution < 1.29 is 18.7 Å². The van der Waals surface area contributed by atoms with Crippen LogP contribution in [0.3, 0.4) is 0 Å². The summed E-state index contributed by atoms with van der Waals surface area (Å²) >= 11 is 36.0. The van der Waals surface area contributed by atoms with Crippen molar-refractivity contribution in [2.45, 2.75) is 32.3 Å². The van der Waals surface area contributed by atoms with E-state index in [1.165, 1.54) is 0 Å². The van der Waals surface area contributed by atoms with Gasteiger partial charge in [0.15, 0.2) is 0 Å². The van der Waals surface area contributed by atoms with Crippen LogP contribution in [0.15, 0.2) is 0 Å². The van der Waals surface area contributed by atoms with Crippen molar-refractivity contribution in [2.24, 2.45) is 0 Å². The van der Waals surface area contributed by atoms with Crippen LogP contribution >= 0.6 is 83.1 Å². The molecule has 1 rings (SSSR count). The zero-order valence-corrected chi connectivity index (χ0v) is 16.6. The van der Waals surface area contributed by atoms with E-state index in [1.54, 1.807) is 0 Å². The van der Waals surface area contributed by atoms with Gasteiger partial charge in [0.1, 0.15) is 0 Å². The number of alkyl halides is 6. The molecular formula is C6H12Cl6FO3SSb. The van der Waals surface area contributed by atoms with Gasteiger partial charge in [0, 0.05) is 0 Å². The molecule has 0 unspecified atom stereocenters. The zero-order valence-electron chi connectivity index (χ0n) is 8.47. The van der Waals surface area contributed by atoms with E-state index in [0.717, 1.165) is 0 Å². The monoisotopic (exact) mass is 514 g/mol. The van der Waals surface area contributed by atoms with Gasteiger partial charge in [-0.25, -0.2) is 0 Å². The van der Waals surface area contributed by atoms with Gasteiger partial charge in [0.25, 0.3) is 0 Å². The quantitative estimate of drug-likeness (QED) is 0.358. The Morgan fingerprint density at radius 2 is 0.722 bits per heavy atom. The second kappa shape index (κ2) is 14.6. The predicted molar refractivity (Wildman–Crippen MR) is 83.4 cm³/mol. The summed E-state index contributed by atoms with van der Waals surface area (Å²) < 4.78 is 12.6. The molecule has 0 spiro atoms. The first-order chi connectivity index (χ1) is 6.88. The van der Waals surface area contributed by atoms with E-state index >= 15 is 0 Å². The van der Waals surface area contributed by atoms with E-state index in [4.69, 9.17) is 69.6 Å². The average molecular weight is 518 g/mol. The van der Waals surface area contributed by atoms with Gasteiger partial charge in [0.05, 0.1) is 32.3 Å². The minimum atomic E-state index is -0.437. The fourth-order valence-corrected chi connectivity index (χ4v) is 3.38. The molecule has 3 nitrogen and oxygen atoms in total. The first-order valence-corrected chi connectivity index (χ1v) is 7.31. The maximum absolute atomic E-state index is 9.81. The van der Waals surface area contributed by atoms with Crippen molar-refractivity contribution in [2.75, 3.05) is 0 Å². The Labute approximate surface area is 156 Å². The fourth-order valence-electron chi connectivity index (χ4n) is 1.05. The smallest absolute Gasteiger partial charge is 0.197 e. The molecule has 0 atom stereocenters. The molecule has 0 heterocycles. The van der Waals surface area contributed by atoms with Crippen LogP contribution < -0.4 is 0 Å². The third kappa shape index (κ3) is 8.23. The van der Waals surface area contributed by atoms with Gasteiger partial charge >= 0.3 is 31.2 Å². The van der Waals surface area contributed by atoms with Crippen molar-refractivity contribution in [3.05, 3.63) is 0 Å². The Morgan fingerprint density at radius 3 is 0.778 bits per heavy atom. The summed E-state index contributed by atoms with van der Waals surface area (Å²) in [5.41, 5.74) is 0. The largest absolute Gasteiger partial charge is 0.412 e. The van der Waals surface area contributed by atoms with Gasteiger partial charge in [-0.15, -0.1) is 69.6 Å². The van der Waals surface area contributed by atoms with E-state index < -0.39 is 32.3 Å². The molecule has 18 heavy (non-hydrogen) atoms. The zero-order chi connectivity index (χ0) is 12.2. The first kappa shape index (κ1) is 28.8. The minimum Gasteiger partial charge on any atom is -0.412 e. The normalized spacial score (nSPS) is 38.0. The molecule has 114 valence electrons. The van der Waals surface area contributed by atoms with E-state index in [2.05, 4.69) is 3.22 Å². The topological polar surface area (TPSA) is 72.2 Å². The summed E-state index contributed by atoms with van der Waals surface area (Å²) in [6.45, 7) is 0. The Hall–Kier alpha value is 2.72. The van der Waals surface area contributed by atoms with E-state index in [0.29, 0.717) is 23.4 Å². The van der Waals surface area contributed by atoms with Crippen molar-refractivity contribution in [3.63, 3.8) is 0 Å². The molecule has 0 aromatic rings. The van der Waals surface area contributed by atoms with Crippen LogP contribution in [0.4, 0.5) is 4.53 Å². The maximum Gasteiger partial charge on any atom is -0.197 e. The molecule has 0 bridgehead atoms. The summed E-state index contributed by atoms with van der Waals surface area (Å²) in [6.07, 6.45) is 0. The predicted octanol–water partition coefficient (Wildman–Crippen LogP) is 2.08. The van der Waals surface area contributed by atoms with Gasteiger partial charge in [-0.1, -0.05) is 0 Å². The van der Waals surface area contributed by atoms with Gasteiger partial charge in [-0.2, -0.15) is 13.5 Å². The Kier molecular flexibility index (Phi) is 23.5. The summed E-state index contributed by atoms with van der Waals surface area (Å²) in [7, 11) is 0. The molecule has 4 N–H and O–H groups in total. The van der Waals surface area contributed by atoms with Gasteiger partial charge in [-0.3, -0.25) is 0 Å².